The first-order chi connectivity index (χ1) is 52.8. The number of carbonyl (C=O) groups excluding carboxylic acids is 4. The molecule has 7 heterocycles. The van der Waals surface area contributed by atoms with E-state index < -0.39 is 34.3 Å². The summed E-state index contributed by atoms with van der Waals surface area (Å²) in [6.07, 6.45) is 15.0. The van der Waals surface area contributed by atoms with Crippen molar-refractivity contribution in [3.05, 3.63) is 236 Å². The maximum atomic E-state index is 12.2. The van der Waals surface area contributed by atoms with Crippen molar-refractivity contribution in [1.29, 1.82) is 0 Å². The number of hydrogen-bond acceptors (Lipinski definition) is 24. The fourth-order valence-electron chi connectivity index (χ4n) is 8.39. The molecule has 7 aromatic heterocycles. The van der Waals surface area contributed by atoms with Gasteiger partial charge in [0.15, 0.2) is 40.3 Å². The van der Waals surface area contributed by atoms with Crippen LogP contribution in [0.5, 0.6) is 63.2 Å². The van der Waals surface area contributed by atoms with Gasteiger partial charge >= 0.3 is 40.1 Å². The fourth-order valence-corrected chi connectivity index (χ4v) is 8.39. The number of anilines is 5. The molecule has 0 aliphatic heterocycles. The van der Waals surface area contributed by atoms with Crippen molar-refractivity contribution < 1.29 is 74.7 Å². The summed E-state index contributed by atoms with van der Waals surface area (Å²) in [5.74, 6) is 4.00. The Morgan fingerprint density at radius 3 is 1.08 bits per heavy atom. The summed E-state index contributed by atoms with van der Waals surface area (Å²) in [5, 5.41) is 15.5. The Morgan fingerprint density at radius 2 is 0.732 bits per heavy atom. The number of ether oxygens (including phenoxy) is 6. The molecule has 3 amide bonds. The zero-order valence-electron chi connectivity index (χ0n) is 63.0. The Kier molecular flexibility index (Phi) is 38.3. The predicted octanol–water partition coefficient (Wildman–Crippen LogP) is 15.4. The van der Waals surface area contributed by atoms with Crippen molar-refractivity contribution in [2.45, 2.75) is 76.2 Å². The second kappa shape index (κ2) is 46.2. The number of aromatic amines is 2. The summed E-state index contributed by atoms with van der Waals surface area (Å²) >= 11 is 3.75. The number of hydrogen-bond donors (Lipinski definition) is 9. The zero-order chi connectivity index (χ0) is 82.5. The first kappa shape index (κ1) is 92.9. The van der Waals surface area contributed by atoms with E-state index in [9.17, 15) is 24.3 Å². The summed E-state index contributed by atoms with van der Waals surface area (Å²) < 4.78 is 68.6. The molecule has 31 nitrogen and oxygen atoms in total. The molecule has 0 unspecified atom stereocenters. The zero-order valence-corrected chi connectivity index (χ0v) is 65.4. The second-order valence-corrected chi connectivity index (χ2v) is 25.5. The van der Waals surface area contributed by atoms with E-state index in [-0.39, 0.29) is 47.3 Å². The minimum atomic E-state index is -0.750. The van der Waals surface area contributed by atoms with E-state index in [0.29, 0.717) is 102 Å². The van der Waals surface area contributed by atoms with Crippen molar-refractivity contribution >= 4 is 110 Å². The van der Waals surface area contributed by atoms with E-state index in [0.717, 1.165) is 22.3 Å². The third kappa shape index (κ3) is 29.7. The number of H-pyrrole nitrogens is 2. The van der Waals surface area contributed by atoms with Crippen LogP contribution >= 0.6 is 24.3 Å². The van der Waals surface area contributed by atoms with Crippen LogP contribution in [-0.2, 0) is 39.5 Å². The Balaban J connectivity index is 0.000000352. The Morgan fingerprint density at radius 1 is 0.455 bits per heavy atom. The van der Waals surface area contributed by atoms with Crippen molar-refractivity contribution in [2.24, 2.45) is 16.6 Å². The van der Waals surface area contributed by atoms with Crippen LogP contribution in [0.15, 0.2) is 183 Å². The van der Waals surface area contributed by atoms with Crippen molar-refractivity contribution in [3.63, 3.8) is 0 Å². The number of carbonyl (C=O) groups is 4. The molecule has 12 aromatic rings. The number of pyridine rings is 5. The Hall–Kier alpha value is -13.3. The van der Waals surface area contributed by atoms with Crippen LogP contribution in [0.3, 0.4) is 0 Å². The van der Waals surface area contributed by atoms with Crippen molar-refractivity contribution in [1.82, 2.24) is 44.9 Å². The standard InChI is InChI=1S/C17H21N3O2.C17H20N2O3.C15H13N3O3.C14H12N4O2.C12H13N3O.CH3ClO.2CO.ClH.O2S/c1-11-5-7-12(8-6-11)22-14-10-19-9-13(18)15(14)20-16(21)17(2,3)4;1-11-5-7-12(8-6-11)22-14-10-18-9-13(20)15(14)19-16(21)17(2,3)4;1-9-3-5-10(6-4-9)21-12-8-16-7-11-13(12)18-14(17-11)15(19)20-2;1-8-2-4-9(5-3-8)20-11-7-16-6-10-12(11)18-14(17-10)13(15)19;1-8-2-4-9(5-3-8)16-11-7-15-6-10(13)12(11)14;1-3-2;2*1-2;;1-3-2/h5-10H,18H2,1-4H3,(H,19,20,21);5-10,20H,1-4H3,(H,18,19,21);3-8H,1-2H3,(H,17,18);2-7H,1H3,(H2,15,19)(H,17,18);2-7H,13H2,1H3,(H2,14,15);1H3;;;1H;. The van der Waals surface area contributed by atoms with Crippen LogP contribution in [0.2, 0.25) is 0 Å². The van der Waals surface area contributed by atoms with E-state index in [1.165, 1.54) is 50.8 Å². The number of aromatic nitrogens is 9. The molecular formula is C78H83Cl2N15O16S. The second-order valence-electron chi connectivity index (χ2n) is 25.1. The topological polar surface area (TPSA) is 477 Å². The predicted molar refractivity (Wildman–Crippen MR) is 425 cm³/mol. The molecule has 0 saturated carbocycles. The number of primary amides is 1. The van der Waals surface area contributed by atoms with E-state index >= 15 is 0 Å². The monoisotopic (exact) mass is 1590 g/mol. The molecule has 0 spiro atoms. The molecule has 12 rings (SSSR count). The van der Waals surface area contributed by atoms with E-state index in [2.05, 4.69) is 89.7 Å². The number of imidazole rings is 2. The SMILES string of the molecule is COC(=O)c1nc2c(Oc3ccc(C)cc3)cncc2[nH]1.COCl.Cc1ccc(Oc2cncc(N)c2N)cc1.Cc1ccc(Oc2cncc(N)c2NC(=O)C(C)(C)C)cc1.Cc1ccc(Oc2cncc(O)c2NC(=O)C(C)(C)C)cc1.Cc1ccc(Oc2cncc3[nH]c(C(N)=O)nc23)cc1.Cl.O=S=O.[C-]#[O+].[C-]#[O+]. The van der Waals surface area contributed by atoms with Crippen LogP contribution in [0.4, 0.5) is 28.4 Å². The van der Waals surface area contributed by atoms with Gasteiger partial charge in [-0.2, -0.15) is 8.42 Å². The summed E-state index contributed by atoms with van der Waals surface area (Å²) in [6, 6.07) is 38.0. The third-order valence-electron chi connectivity index (χ3n) is 14.2. The van der Waals surface area contributed by atoms with Gasteiger partial charge in [-0.05, 0) is 95.3 Å². The average molecular weight is 1590 g/mol. The Labute approximate surface area is 660 Å². The maximum absolute atomic E-state index is 12.2. The van der Waals surface area contributed by atoms with Gasteiger partial charge in [0.25, 0.3) is 5.91 Å². The first-order valence-corrected chi connectivity index (χ1v) is 33.6. The minimum absolute atomic E-state index is 0. The average Bonchev–Trinajstić information content (AvgIpc) is 1.65. The van der Waals surface area contributed by atoms with E-state index in [1.54, 1.807) is 51.8 Å². The molecule has 0 fully saturated rings. The Bertz CT molecular complexity index is 4970. The fraction of sp³-hybridized carbons (Fsp3) is 0.192. The molecule has 0 bridgehead atoms. The van der Waals surface area contributed by atoms with Gasteiger partial charge < -0.3 is 77.1 Å². The normalized spacial score (nSPS) is 9.98. The van der Waals surface area contributed by atoms with Crippen molar-refractivity contribution in [2.75, 3.05) is 42.1 Å². The number of nitrogen functional groups attached to an aromatic ring is 3. The van der Waals surface area contributed by atoms with Crippen molar-refractivity contribution in [3.8, 4) is 63.2 Å². The number of halogens is 2. The molecule has 0 radical (unpaired) electrons. The van der Waals surface area contributed by atoms with E-state index in [4.69, 9.17) is 64.3 Å². The summed E-state index contributed by atoms with van der Waals surface area (Å²) in [7, 11) is 2.69. The van der Waals surface area contributed by atoms with Gasteiger partial charge in [-0.15, -0.1) is 12.4 Å². The van der Waals surface area contributed by atoms with Crippen LogP contribution in [-0.4, -0.2) is 96.3 Å². The van der Waals surface area contributed by atoms with Gasteiger partial charge in [-0.3, -0.25) is 43.6 Å². The number of aryl methyl sites for hydroxylation is 5. The van der Waals surface area contributed by atoms with Gasteiger partial charge in [-0.1, -0.05) is 130 Å². The summed E-state index contributed by atoms with van der Waals surface area (Å²) in [6.45, 7) is 29.9. The number of rotatable bonds is 14. The molecule has 0 aliphatic carbocycles. The molecule has 0 aliphatic rings. The number of nitrogens with zero attached hydrogens (tertiary/aromatic N) is 7. The van der Waals surface area contributed by atoms with Gasteiger partial charge in [0.05, 0.1) is 110 Å². The quantitative estimate of drug-likeness (QED) is 0.0277. The van der Waals surface area contributed by atoms with Crippen LogP contribution in [0.1, 0.15) is 90.6 Å². The first-order valence-electron chi connectivity index (χ1n) is 32.6. The number of aromatic hydroxyl groups is 1. The van der Waals surface area contributed by atoms with Crippen LogP contribution in [0.25, 0.3) is 22.1 Å². The van der Waals surface area contributed by atoms with E-state index in [1.807, 2.05) is 177 Å². The number of benzene rings is 5. The number of nitrogens with one attached hydrogen (secondary N) is 4. The molecule has 112 heavy (non-hydrogen) atoms. The summed E-state index contributed by atoms with van der Waals surface area (Å²) in [4.78, 5) is 81.0. The van der Waals surface area contributed by atoms with Gasteiger partial charge in [-0.25, -0.2) is 14.8 Å². The van der Waals surface area contributed by atoms with Crippen LogP contribution < -0.4 is 57.3 Å². The third-order valence-corrected chi connectivity index (χ3v) is 14.2. The number of nitrogens with two attached hydrogens (primary N) is 4. The molecule has 0 atom stereocenters. The summed E-state index contributed by atoms with van der Waals surface area (Å²) in [5.41, 5.74) is 31.3. The molecule has 34 heteroatoms. The van der Waals surface area contributed by atoms with Crippen LogP contribution in [0, 0.1) is 58.7 Å². The van der Waals surface area contributed by atoms with Gasteiger partial charge in [0.1, 0.15) is 56.8 Å². The molecular weight excluding hydrogens is 1510 g/mol. The molecule has 13 N–H and O–H groups in total. The van der Waals surface area contributed by atoms with Gasteiger partial charge in [0.2, 0.25) is 17.6 Å². The number of esters is 1. The number of methoxy groups -OCH3 is 1. The number of amides is 3. The molecule has 586 valence electrons. The molecule has 0 saturated heterocycles. The molecule has 5 aromatic carbocycles. The number of fused-ring (bicyclic) bond motifs is 2. The van der Waals surface area contributed by atoms with Gasteiger partial charge in [0, 0.05) is 10.8 Å².